The van der Waals surface area contributed by atoms with Gasteiger partial charge in [-0.05, 0) is 62.8 Å². The van der Waals surface area contributed by atoms with Crippen LogP contribution in [0.3, 0.4) is 0 Å². The van der Waals surface area contributed by atoms with E-state index in [2.05, 4.69) is 24.4 Å². The first-order chi connectivity index (χ1) is 9.21. The highest BCUT2D eigenvalue weighted by atomic mass is 16.5. The smallest absolute Gasteiger partial charge is 0.119 e. The Morgan fingerprint density at radius 3 is 2.84 bits per heavy atom. The Bertz CT molecular complexity index is 454. The molecule has 3 rings (SSSR count). The minimum atomic E-state index is 0.205. The summed E-state index contributed by atoms with van der Waals surface area (Å²) in [6.45, 7) is 3.02. The maximum Gasteiger partial charge on any atom is 0.119 e. The molecule has 1 aromatic carbocycles. The predicted octanol–water partition coefficient (Wildman–Crippen LogP) is 3.52. The van der Waals surface area contributed by atoms with Crippen molar-refractivity contribution in [2.75, 3.05) is 19.0 Å². The Labute approximate surface area is 115 Å². The van der Waals surface area contributed by atoms with Crippen molar-refractivity contribution in [3.05, 3.63) is 23.8 Å². The molecule has 3 nitrogen and oxygen atoms in total. The van der Waals surface area contributed by atoms with E-state index in [-0.39, 0.29) is 5.60 Å². The number of benzene rings is 1. The zero-order chi connectivity index (χ0) is 13.3. The molecule has 1 saturated heterocycles. The van der Waals surface area contributed by atoms with Gasteiger partial charge in [-0.1, -0.05) is 0 Å². The van der Waals surface area contributed by atoms with E-state index < -0.39 is 0 Å². The zero-order valence-corrected chi connectivity index (χ0v) is 11.9. The molecular weight excluding hydrogens is 238 g/mol. The third-order valence-electron chi connectivity index (χ3n) is 4.55. The van der Waals surface area contributed by atoms with Crippen LogP contribution >= 0.6 is 0 Å². The zero-order valence-electron chi connectivity index (χ0n) is 11.9. The van der Waals surface area contributed by atoms with E-state index >= 15 is 0 Å². The van der Waals surface area contributed by atoms with E-state index in [4.69, 9.17) is 9.47 Å². The minimum absolute atomic E-state index is 0.205. The number of hydrogen-bond donors (Lipinski definition) is 1. The average molecular weight is 261 g/mol. The lowest BCUT2D eigenvalue weighted by atomic mass is 9.74. The fourth-order valence-electron chi connectivity index (χ4n) is 3.22. The van der Waals surface area contributed by atoms with Gasteiger partial charge in [-0.15, -0.1) is 0 Å². The van der Waals surface area contributed by atoms with Crippen LogP contribution in [0.4, 0.5) is 5.69 Å². The molecule has 2 fully saturated rings. The van der Waals surface area contributed by atoms with Gasteiger partial charge in [0.1, 0.15) is 5.75 Å². The van der Waals surface area contributed by atoms with Crippen molar-refractivity contribution in [1.82, 2.24) is 0 Å². The summed E-state index contributed by atoms with van der Waals surface area (Å²) >= 11 is 0. The normalized spacial score (nSPS) is 24.8. The van der Waals surface area contributed by atoms with Gasteiger partial charge in [0.2, 0.25) is 0 Å². The molecule has 1 heterocycles. The van der Waals surface area contributed by atoms with E-state index in [9.17, 15) is 0 Å². The minimum Gasteiger partial charge on any atom is -0.497 e. The molecule has 1 saturated carbocycles. The van der Waals surface area contributed by atoms with Crippen molar-refractivity contribution in [1.29, 1.82) is 0 Å². The fraction of sp³-hybridized carbons (Fsp3) is 0.625. The predicted molar refractivity (Wildman–Crippen MR) is 76.9 cm³/mol. The lowest BCUT2D eigenvalue weighted by molar-refractivity contribution is -0.130. The Morgan fingerprint density at radius 2 is 2.21 bits per heavy atom. The number of hydrogen-bond acceptors (Lipinski definition) is 3. The van der Waals surface area contributed by atoms with E-state index in [0.29, 0.717) is 6.04 Å². The van der Waals surface area contributed by atoms with Gasteiger partial charge in [0.15, 0.2) is 0 Å². The molecule has 1 atom stereocenters. The van der Waals surface area contributed by atoms with Crippen LogP contribution < -0.4 is 10.1 Å². The molecule has 0 aromatic heterocycles. The molecule has 2 aliphatic rings. The molecule has 1 aromatic rings. The molecule has 104 valence electrons. The number of nitrogens with one attached hydrogen (secondary N) is 1. The first kappa shape index (κ1) is 12.8. The standard InChI is InChI=1S/C16H23NO2/c1-12-10-14(18-2)4-5-15(12)17-13-6-9-19-16(11-13)7-3-8-16/h4-5,10,13,17H,3,6-9,11H2,1-2H3. The van der Waals surface area contributed by atoms with Crippen molar-refractivity contribution in [3.8, 4) is 5.75 Å². The third kappa shape index (κ3) is 2.57. The summed E-state index contributed by atoms with van der Waals surface area (Å²) < 4.78 is 11.2. The number of anilines is 1. The number of ether oxygens (including phenoxy) is 2. The number of aryl methyl sites for hydroxylation is 1. The lowest BCUT2D eigenvalue weighted by Gasteiger charge is -2.47. The van der Waals surface area contributed by atoms with Crippen LogP contribution in [-0.4, -0.2) is 25.4 Å². The first-order valence-electron chi connectivity index (χ1n) is 7.26. The largest absolute Gasteiger partial charge is 0.497 e. The summed E-state index contributed by atoms with van der Waals surface area (Å²) in [5.41, 5.74) is 2.67. The maximum absolute atomic E-state index is 5.98. The molecule has 0 radical (unpaired) electrons. The summed E-state index contributed by atoms with van der Waals surface area (Å²) in [6.07, 6.45) is 6.07. The van der Waals surface area contributed by atoms with Gasteiger partial charge in [0.25, 0.3) is 0 Å². The SMILES string of the molecule is COc1ccc(NC2CCOC3(CCC3)C2)c(C)c1. The molecular formula is C16H23NO2. The molecule has 0 amide bonds. The van der Waals surface area contributed by atoms with E-state index in [1.54, 1.807) is 7.11 Å². The van der Waals surface area contributed by atoms with Crippen LogP contribution in [0.1, 0.15) is 37.7 Å². The van der Waals surface area contributed by atoms with E-state index in [1.165, 1.54) is 30.5 Å². The second kappa shape index (κ2) is 5.04. The van der Waals surface area contributed by atoms with Gasteiger partial charge < -0.3 is 14.8 Å². The Kier molecular flexibility index (Phi) is 3.40. The quantitative estimate of drug-likeness (QED) is 0.903. The van der Waals surface area contributed by atoms with Crippen LogP contribution in [-0.2, 0) is 4.74 Å². The second-order valence-electron chi connectivity index (χ2n) is 5.90. The third-order valence-corrected chi connectivity index (χ3v) is 4.55. The highest BCUT2D eigenvalue weighted by Crippen LogP contribution is 2.43. The van der Waals surface area contributed by atoms with Crippen LogP contribution in [0.15, 0.2) is 18.2 Å². The highest BCUT2D eigenvalue weighted by molar-refractivity contribution is 5.54. The lowest BCUT2D eigenvalue weighted by Crippen LogP contribution is -2.49. The van der Waals surface area contributed by atoms with Crippen molar-refractivity contribution in [3.63, 3.8) is 0 Å². The second-order valence-corrected chi connectivity index (χ2v) is 5.90. The first-order valence-corrected chi connectivity index (χ1v) is 7.26. The Hall–Kier alpha value is -1.22. The fourth-order valence-corrected chi connectivity index (χ4v) is 3.22. The summed E-state index contributed by atoms with van der Waals surface area (Å²) in [4.78, 5) is 0. The molecule has 0 bridgehead atoms. The van der Waals surface area contributed by atoms with E-state index in [1.807, 2.05) is 6.07 Å². The molecule has 3 heteroatoms. The average Bonchev–Trinajstić information content (AvgIpc) is 2.39. The van der Waals surface area contributed by atoms with Gasteiger partial charge >= 0.3 is 0 Å². The number of methoxy groups -OCH3 is 1. The van der Waals surface area contributed by atoms with Gasteiger partial charge in [-0.2, -0.15) is 0 Å². The van der Waals surface area contributed by atoms with Crippen molar-refractivity contribution >= 4 is 5.69 Å². The van der Waals surface area contributed by atoms with Gasteiger partial charge in [-0.25, -0.2) is 0 Å². The maximum atomic E-state index is 5.98. The summed E-state index contributed by atoms with van der Waals surface area (Å²) in [6, 6.07) is 6.77. The van der Waals surface area contributed by atoms with Crippen LogP contribution in [0.2, 0.25) is 0 Å². The van der Waals surface area contributed by atoms with Crippen LogP contribution in [0.25, 0.3) is 0 Å². The van der Waals surface area contributed by atoms with Crippen molar-refractivity contribution in [2.24, 2.45) is 0 Å². The molecule has 1 aliphatic heterocycles. The Balaban J connectivity index is 1.67. The topological polar surface area (TPSA) is 30.5 Å². The molecule has 1 N–H and O–H groups in total. The monoisotopic (exact) mass is 261 g/mol. The molecule has 1 spiro atoms. The molecule has 1 unspecified atom stereocenters. The summed E-state index contributed by atoms with van der Waals surface area (Å²) in [5, 5.41) is 3.69. The van der Waals surface area contributed by atoms with Gasteiger partial charge in [0, 0.05) is 18.3 Å². The van der Waals surface area contributed by atoms with Crippen LogP contribution in [0.5, 0.6) is 5.75 Å². The van der Waals surface area contributed by atoms with Gasteiger partial charge in [0.05, 0.1) is 12.7 Å². The van der Waals surface area contributed by atoms with Crippen molar-refractivity contribution < 1.29 is 9.47 Å². The molecule has 1 aliphatic carbocycles. The van der Waals surface area contributed by atoms with Crippen molar-refractivity contribution in [2.45, 2.75) is 50.7 Å². The molecule has 19 heavy (non-hydrogen) atoms. The van der Waals surface area contributed by atoms with Crippen LogP contribution in [0, 0.1) is 6.92 Å². The summed E-state index contributed by atoms with van der Waals surface area (Å²) in [7, 11) is 1.71. The van der Waals surface area contributed by atoms with E-state index in [0.717, 1.165) is 25.2 Å². The number of rotatable bonds is 3. The highest BCUT2D eigenvalue weighted by Gasteiger charge is 2.42. The summed E-state index contributed by atoms with van der Waals surface area (Å²) in [5.74, 6) is 0.922. The Morgan fingerprint density at radius 1 is 1.37 bits per heavy atom. The van der Waals surface area contributed by atoms with Gasteiger partial charge in [-0.3, -0.25) is 0 Å².